The van der Waals surface area contributed by atoms with Crippen LogP contribution in [0.1, 0.15) is 86.7 Å². The first-order valence-corrected chi connectivity index (χ1v) is 32.0. The molecule has 2 aliphatic heterocycles. The molecule has 0 bridgehead atoms. The molecule has 21 heteroatoms. The van der Waals surface area contributed by atoms with Crippen molar-refractivity contribution in [3.63, 3.8) is 0 Å². The summed E-state index contributed by atoms with van der Waals surface area (Å²) in [6.07, 6.45) is -0.900. The maximum atomic E-state index is 15.3. The highest BCUT2D eigenvalue weighted by Crippen LogP contribution is 2.53. The van der Waals surface area contributed by atoms with Crippen LogP contribution < -0.4 is 42.3 Å². The van der Waals surface area contributed by atoms with E-state index in [-0.39, 0.29) is 37.0 Å². The molecule has 9 rings (SSSR count). The van der Waals surface area contributed by atoms with Crippen LogP contribution in [-0.2, 0) is 37.9 Å². The minimum absolute atomic E-state index is 0.0180. The quantitative estimate of drug-likeness (QED) is 0.0179. The number of hydrogen-bond acceptors (Lipinski definition) is 13. The number of H-pyrrole nitrogens is 2. The fourth-order valence-electron chi connectivity index (χ4n) is 11.2. The number of halogens is 1. The van der Waals surface area contributed by atoms with E-state index in [1.807, 2.05) is 152 Å². The number of aromatic nitrogens is 4. The monoisotopic (exact) mass is 1230 g/mol. The van der Waals surface area contributed by atoms with Crippen LogP contribution in [0.15, 0.2) is 183 Å². The van der Waals surface area contributed by atoms with Gasteiger partial charge < -0.3 is 33.0 Å². The summed E-state index contributed by atoms with van der Waals surface area (Å²) < 4.78 is 70.4. The lowest BCUT2D eigenvalue weighted by molar-refractivity contribution is -0.0998. The van der Waals surface area contributed by atoms with Gasteiger partial charge in [-0.25, -0.2) is 14.2 Å². The second-order valence-electron chi connectivity index (χ2n) is 21.7. The van der Waals surface area contributed by atoms with E-state index in [1.165, 1.54) is 21.5 Å². The van der Waals surface area contributed by atoms with Gasteiger partial charge in [-0.1, -0.05) is 164 Å². The van der Waals surface area contributed by atoms with Crippen LogP contribution >= 0.6 is 23.8 Å². The predicted molar refractivity (Wildman–Crippen MR) is 322 cm³/mol. The molecule has 83 heavy (non-hydrogen) atoms. The number of nitrogens with one attached hydrogen (secondary N) is 2. The van der Waals surface area contributed by atoms with Crippen molar-refractivity contribution in [1.29, 1.82) is 0 Å². The minimum atomic E-state index is -5.28. The third-order valence-electron chi connectivity index (χ3n) is 15.3. The first kappa shape index (κ1) is 61.0. The number of aryl methyl sites for hydroxylation is 2. The summed E-state index contributed by atoms with van der Waals surface area (Å²) in [6.45, 7) is 9.22. The molecule has 0 radical (unpaired) electrons. The fourth-order valence-corrected chi connectivity index (χ4v) is 17.4. The molecule has 4 heterocycles. The molecule has 8 atom stereocenters. The number of methoxy groups -OCH3 is 2. The summed E-state index contributed by atoms with van der Waals surface area (Å²) in [4.78, 5) is 69.9. The van der Waals surface area contributed by atoms with Gasteiger partial charge in [-0.05, 0) is 83.1 Å². The van der Waals surface area contributed by atoms with Gasteiger partial charge >= 0.3 is 19.2 Å². The van der Waals surface area contributed by atoms with Crippen molar-refractivity contribution in [3.05, 3.63) is 234 Å². The molecular weight excluding hydrogens is 1160 g/mol. The molecule has 2 aliphatic rings. The van der Waals surface area contributed by atoms with Gasteiger partial charge in [0.2, 0.25) is 0 Å². The van der Waals surface area contributed by atoms with E-state index < -0.39 is 92.3 Å². The number of hydrogen-bond donors (Lipinski definition) is 3. The highest BCUT2D eigenvalue weighted by atomic mass is 79.9. The van der Waals surface area contributed by atoms with Crippen LogP contribution in [0.2, 0.25) is 5.04 Å². The first-order valence-electron chi connectivity index (χ1n) is 27.4. The largest absolute Gasteiger partial charge is 0.497 e. The molecule has 18 nitrogen and oxygen atoms in total. The number of aromatic amines is 2. The van der Waals surface area contributed by atoms with Gasteiger partial charge in [0.1, 0.15) is 54.0 Å². The summed E-state index contributed by atoms with van der Waals surface area (Å²) in [7, 11) is -5.55. The summed E-state index contributed by atoms with van der Waals surface area (Å²) in [5.41, 5.74) is -1.36. The topological polar surface area (TPSA) is 221 Å². The smallest absolute Gasteiger partial charge is 0.472 e. The molecule has 0 aliphatic carbocycles. The van der Waals surface area contributed by atoms with E-state index in [0.717, 1.165) is 15.9 Å². The second-order valence-corrected chi connectivity index (χ2v) is 28.1. The van der Waals surface area contributed by atoms with Gasteiger partial charge in [-0.3, -0.25) is 37.7 Å². The highest BCUT2D eigenvalue weighted by molar-refractivity contribution is 9.09. The number of alkyl halides is 1. The van der Waals surface area contributed by atoms with E-state index in [9.17, 15) is 24.1 Å². The molecule has 7 aromatic rings. The standard InChI is InChI=1S/C62H70BrN4O14PSi/c1-41-38-66(59(70)64-57(41)68)54-36-51(53(77-54)40-76-62(43-20-12-8-13-21-43,44-27-31-46(74-6)32-28-44)45-29-33-47(75-7)34-30-45)80-82(72,73)79-50(26-18-11-19-35-63)56-52(37-55(78-56)67-39-42(2)58(69)65-60(67)71)81-83(61(3,4)5,48-22-14-9-15-23-48)49-24-16-10-17-25-49/h8-18,20-25,27-34,38-39,50-56H,19,26,35-37,40H2,1-7H3,(H,72,73)(H,64,68,70)(H,65,69,71)/b18-11-/t50-,51-,52-,53+,54+,55+,56+/m0/s1. The number of rotatable bonds is 23. The van der Waals surface area contributed by atoms with E-state index in [2.05, 4.69) is 46.7 Å². The van der Waals surface area contributed by atoms with Crippen LogP contribution in [0.5, 0.6) is 11.5 Å². The molecule has 2 aromatic heterocycles. The Morgan fingerprint density at radius 3 is 1.64 bits per heavy atom. The summed E-state index contributed by atoms with van der Waals surface area (Å²) in [5, 5.41) is 2.02. The molecule has 438 valence electrons. The third kappa shape index (κ3) is 13.2. The van der Waals surface area contributed by atoms with Crippen LogP contribution in [0.4, 0.5) is 0 Å². The van der Waals surface area contributed by atoms with E-state index in [4.69, 9.17) is 37.2 Å². The average molecular weight is 1230 g/mol. The van der Waals surface area contributed by atoms with Gasteiger partial charge in [0.15, 0.2) is 0 Å². The third-order valence-corrected chi connectivity index (χ3v) is 21.9. The van der Waals surface area contributed by atoms with Crippen molar-refractivity contribution in [2.75, 3.05) is 26.2 Å². The number of nitrogens with zero attached hydrogens (tertiary/aromatic N) is 2. The summed E-state index contributed by atoms with van der Waals surface area (Å²) in [5.74, 6) is 1.22. The molecule has 1 unspecified atom stereocenters. The van der Waals surface area contributed by atoms with Crippen molar-refractivity contribution >= 4 is 42.4 Å². The van der Waals surface area contributed by atoms with Gasteiger partial charge in [-0.2, -0.15) is 0 Å². The minimum Gasteiger partial charge on any atom is -0.497 e. The Morgan fingerprint density at radius 2 is 1.16 bits per heavy atom. The highest BCUT2D eigenvalue weighted by Gasteiger charge is 2.56. The molecule has 2 saturated heterocycles. The van der Waals surface area contributed by atoms with Crippen molar-refractivity contribution in [3.8, 4) is 11.5 Å². The number of allylic oxidation sites excluding steroid dienone is 1. The Hall–Kier alpha value is -6.55. The van der Waals surface area contributed by atoms with Crippen molar-refractivity contribution in [1.82, 2.24) is 19.1 Å². The Balaban J connectivity index is 1.13. The zero-order valence-electron chi connectivity index (χ0n) is 47.3. The van der Waals surface area contributed by atoms with E-state index in [0.29, 0.717) is 34.4 Å². The molecule has 2 fully saturated rings. The molecule has 3 N–H and O–H groups in total. The second kappa shape index (κ2) is 26.2. The predicted octanol–water partition coefficient (Wildman–Crippen LogP) is 8.85. The van der Waals surface area contributed by atoms with Gasteiger partial charge in [0.05, 0.1) is 26.9 Å². The SMILES string of the molecule is COc1ccc(C(OC[C@H]2O[C@@H](n3cc(C)c(=O)[nH]c3=O)C[C@@H]2OP(=O)(O)O[C@@H](C/C=C\CCBr)[C@H]2O[C@@H](n3cc(C)c(=O)[nH]c3=O)C[C@@H]2O[Si](c2ccccc2)(c2ccccc2)C(C)(C)C)(c2ccccc2)c2ccc(OC)cc2)cc1. The molecule has 0 spiro atoms. The van der Waals surface area contributed by atoms with Crippen LogP contribution in [0.25, 0.3) is 0 Å². The van der Waals surface area contributed by atoms with Crippen molar-refractivity contribution in [2.24, 2.45) is 0 Å². The first-order chi connectivity index (χ1) is 39.8. The zero-order valence-corrected chi connectivity index (χ0v) is 50.8. The fraction of sp³-hybridized carbons (Fsp3) is 0.355. The molecule has 0 saturated carbocycles. The maximum Gasteiger partial charge on any atom is 0.472 e. The lowest BCUT2D eigenvalue weighted by Gasteiger charge is -2.45. The van der Waals surface area contributed by atoms with Crippen molar-refractivity contribution in [2.45, 2.75) is 114 Å². The number of benzene rings is 5. The van der Waals surface area contributed by atoms with E-state index >= 15 is 4.57 Å². The van der Waals surface area contributed by atoms with Gasteiger partial charge in [0.25, 0.3) is 19.4 Å². The van der Waals surface area contributed by atoms with Crippen LogP contribution in [0, 0.1) is 13.8 Å². The molecular formula is C62H70BrN4O14PSi. The Kier molecular flexibility index (Phi) is 19.2. The summed E-state index contributed by atoms with van der Waals surface area (Å²) >= 11 is 3.50. The lowest BCUT2D eigenvalue weighted by atomic mass is 9.80. The van der Waals surface area contributed by atoms with Gasteiger partial charge in [-0.15, -0.1) is 0 Å². The number of phosphoric ester groups is 1. The normalized spacial score (nSPS) is 20.5. The molecule has 5 aromatic carbocycles. The van der Waals surface area contributed by atoms with Crippen LogP contribution in [-0.4, -0.2) is 89.0 Å². The number of phosphoric acid groups is 1. The molecule has 0 amide bonds. The van der Waals surface area contributed by atoms with Crippen LogP contribution in [0.3, 0.4) is 0 Å². The Morgan fingerprint density at radius 1 is 0.687 bits per heavy atom. The maximum absolute atomic E-state index is 15.3. The number of ether oxygens (including phenoxy) is 5. The van der Waals surface area contributed by atoms with E-state index in [1.54, 1.807) is 28.1 Å². The zero-order chi connectivity index (χ0) is 59.1. The Bertz CT molecular complexity index is 3550. The van der Waals surface area contributed by atoms with Gasteiger partial charge in [0, 0.05) is 41.7 Å². The Labute approximate surface area is 490 Å². The van der Waals surface area contributed by atoms with Crippen molar-refractivity contribution < 1.29 is 46.6 Å². The average Bonchev–Trinajstić information content (AvgIpc) is 3.76. The lowest BCUT2D eigenvalue weighted by Crippen LogP contribution is -2.68. The summed E-state index contributed by atoms with van der Waals surface area (Å²) in [6, 6.07) is 44.3.